The van der Waals surface area contributed by atoms with Crippen molar-refractivity contribution in [3.05, 3.63) is 0 Å². The molecular formula is C17H31N5O6S. The summed E-state index contributed by atoms with van der Waals surface area (Å²) in [6.07, 6.45) is 2.33. The van der Waals surface area contributed by atoms with Gasteiger partial charge in [0.15, 0.2) is 0 Å². The topological polar surface area (TPSA) is 188 Å². The average Bonchev–Trinajstić information content (AvgIpc) is 3.20. The van der Waals surface area contributed by atoms with Gasteiger partial charge in [0.1, 0.15) is 18.1 Å². The van der Waals surface area contributed by atoms with Gasteiger partial charge in [0, 0.05) is 12.3 Å². The predicted molar refractivity (Wildman–Crippen MR) is 108 cm³/mol. The number of rotatable bonds is 12. The molecular weight excluding hydrogens is 402 g/mol. The van der Waals surface area contributed by atoms with Gasteiger partial charge in [-0.25, -0.2) is 4.79 Å². The molecule has 0 bridgehead atoms. The van der Waals surface area contributed by atoms with Crippen LogP contribution in [0.2, 0.25) is 0 Å². The Morgan fingerprint density at radius 1 is 1.14 bits per heavy atom. The third-order valence-corrected chi connectivity index (χ3v) is 5.12. The first-order chi connectivity index (χ1) is 13.8. The molecule has 3 amide bonds. The van der Waals surface area contributed by atoms with Gasteiger partial charge in [-0.3, -0.25) is 14.4 Å². The van der Waals surface area contributed by atoms with Gasteiger partial charge in [-0.15, -0.1) is 0 Å². The fraction of sp³-hybridized carbons (Fsp3) is 0.765. The zero-order chi connectivity index (χ0) is 22.0. The molecule has 1 saturated heterocycles. The highest BCUT2D eigenvalue weighted by Gasteiger charge is 2.38. The van der Waals surface area contributed by atoms with Crippen molar-refractivity contribution in [2.24, 2.45) is 11.5 Å². The summed E-state index contributed by atoms with van der Waals surface area (Å²) in [6.45, 7) is 0.00528. The Kier molecular flexibility index (Phi) is 10.9. The average molecular weight is 434 g/mol. The summed E-state index contributed by atoms with van der Waals surface area (Å²) in [5.74, 6) is -2.97. The number of carboxylic acids is 1. The summed E-state index contributed by atoms with van der Waals surface area (Å²) in [7, 11) is 0. The van der Waals surface area contributed by atoms with Crippen LogP contribution in [0.25, 0.3) is 0 Å². The van der Waals surface area contributed by atoms with Gasteiger partial charge < -0.3 is 37.2 Å². The molecule has 1 fully saturated rings. The maximum atomic E-state index is 12.9. The Morgan fingerprint density at radius 3 is 2.34 bits per heavy atom. The molecule has 4 unspecified atom stereocenters. The number of thiol groups is 1. The van der Waals surface area contributed by atoms with E-state index in [0.29, 0.717) is 32.2 Å². The van der Waals surface area contributed by atoms with Gasteiger partial charge >= 0.3 is 5.97 Å². The van der Waals surface area contributed by atoms with E-state index in [-0.39, 0.29) is 18.7 Å². The number of carbonyl (C=O) groups excluding carboxylic acids is 3. The van der Waals surface area contributed by atoms with Crippen LogP contribution in [0.4, 0.5) is 0 Å². The van der Waals surface area contributed by atoms with Gasteiger partial charge in [-0.05, 0) is 38.6 Å². The molecule has 12 heteroatoms. The van der Waals surface area contributed by atoms with Crippen molar-refractivity contribution >= 4 is 36.3 Å². The zero-order valence-electron chi connectivity index (χ0n) is 16.2. The van der Waals surface area contributed by atoms with Crippen LogP contribution in [0, 0.1) is 0 Å². The number of nitrogens with two attached hydrogens (primary N) is 2. The fourth-order valence-electron chi connectivity index (χ4n) is 3.07. The highest BCUT2D eigenvalue weighted by molar-refractivity contribution is 7.80. The lowest BCUT2D eigenvalue weighted by Gasteiger charge is -2.28. The number of hydrogen-bond acceptors (Lipinski definition) is 8. The zero-order valence-corrected chi connectivity index (χ0v) is 17.1. The molecule has 0 saturated carbocycles. The first kappa shape index (κ1) is 25.1. The third-order valence-electron chi connectivity index (χ3n) is 4.73. The predicted octanol–water partition coefficient (Wildman–Crippen LogP) is -2.59. The van der Waals surface area contributed by atoms with Gasteiger partial charge in [0.25, 0.3) is 0 Å². The number of likely N-dealkylation sites (tertiary alicyclic amines) is 1. The molecule has 1 heterocycles. The van der Waals surface area contributed by atoms with Crippen LogP contribution in [0.3, 0.4) is 0 Å². The molecule has 0 aromatic rings. The number of nitrogens with zero attached hydrogens (tertiary/aromatic N) is 1. The minimum atomic E-state index is -1.30. The second-order valence-electron chi connectivity index (χ2n) is 6.91. The largest absolute Gasteiger partial charge is 0.480 e. The molecule has 0 spiro atoms. The van der Waals surface area contributed by atoms with Crippen LogP contribution in [-0.2, 0) is 19.2 Å². The van der Waals surface area contributed by atoms with Gasteiger partial charge in [-0.1, -0.05) is 0 Å². The van der Waals surface area contributed by atoms with Crippen molar-refractivity contribution in [2.75, 3.05) is 25.4 Å². The standard InChI is InChI=1S/C17H31N5O6S/c18-6-2-1-4-11(16(26)22-7-3-5-13(22)17(27)28)20-15(25)12(8-23)21-14(24)10(19)9-29/h10-13,23,29H,1-9,18-19H2,(H,20,25)(H,21,24)(H,27,28). The third kappa shape index (κ3) is 7.46. The lowest BCUT2D eigenvalue weighted by Crippen LogP contribution is -2.58. The number of carbonyl (C=O) groups is 4. The van der Waals surface area contributed by atoms with E-state index in [4.69, 9.17) is 11.5 Å². The molecule has 1 aliphatic rings. The summed E-state index contributed by atoms with van der Waals surface area (Å²) in [6, 6.07) is -4.17. The molecule has 166 valence electrons. The minimum absolute atomic E-state index is 0.0529. The van der Waals surface area contributed by atoms with Crippen molar-refractivity contribution in [1.29, 1.82) is 0 Å². The maximum absolute atomic E-state index is 12.9. The summed E-state index contributed by atoms with van der Waals surface area (Å²) in [5.41, 5.74) is 11.0. The number of aliphatic hydroxyl groups is 1. The summed E-state index contributed by atoms with van der Waals surface area (Å²) < 4.78 is 0. The van der Waals surface area contributed by atoms with Crippen LogP contribution in [0.15, 0.2) is 0 Å². The molecule has 1 aliphatic heterocycles. The van der Waals surface area contributed by atoms with E-state index in [1.54, 1.807) is 0 Å². The van der Waals surface area contributed by atoms with Crippen molar-refractivity contribution in [3.8, 4) is 0 Å². The van der Waals surface area contributed by atoms with Crippen LogP contribution in [0.5, 0.6) is 0 Å². The van der Waals surface area contributed by atoms with E-state index in [1.165, 1.54) is 4.90 Å². The van der Waals surface area contributed by atoms with Gasteiger partial charge in [0.05, 0.1) is 12.6 Å². The van der Waals surface area contributed by atoms with E-state index in [9.17, 15) is 29.4 Å². The van der Waals surface area contributed by atoms with Gasteiger partial charge in [0.2, 0.25) is 17.7 Å². The van der Waals surface area contributed by atoms with E-state index in [0.717, 1.165) is 0 Å². The molecule has 0 radical (unpaired) electrons. The molecule has 4 atom stereocenters. The van der Waals surface area contributed by atoms with Crippen molar-refractivity contribution in [3.63, 3.8) is 0 Å². The minimum Gasteiger partial charge on any atom is -0.480 e. The molecule has 8 N–H and O–H groups in total. The summed E-state index contributed by atoms with van der Waals surface area (Å²) in [4.78, 5) is 50.0. The lowest BCUT2D eigenvalue weighted by molar-refractivity contribution is -0.149. The van der Waals surface area contributed by atoms with E-state index in [1.807, 2.05) is 0 Å². The summed E-state index contributed by atoms with van der Waals surface area (Å²) in [5, 5.41) is 23.6. The Morgan fingerprint density at radius 2 is 1.79 bits per heavy atom. The second kappa shape index (κ2) is 12.6. The molecule has 0 aliphatic carbocycles. The van der Waals surface area contributed by atoms with Crippen molar-refractivity contribution in [2.45, 2.75) is 56.3 Å². The van der Waals surface area contributed by atoms with Gasteiger partial charge in [-0.2, -0.15) is 12.6 Å². The van der Waals surface area contributed by atoms with Crippen molar-refractivity contribution in [1.82, 2.24) is 15.5 Å². The number of hydrogen-bond donors (Lipinski definition) is 7. The number of amides is 3. The number of nitrogens with one attached hydrogen (secondary N) is 2. The van der Waals surface area contributed by atoms with Crippen LogP contribution < -0.4 is 22.1 Å². The second-order valence-corrected chi connectivity index (χ2v) is 7.27. The SMILES string of the molecule is NCCCCC(NC(=O)C(CO)NC(=O)C(N)CS)C(=O)N1CCCC1C(=O)O. The number of carboxylic acid groups (broad SMARTS) is 1. The van der Waals surface area contributed by atoms with Crippen molar-refractivity contribution < 1.29 is 29.4 Å². The number of unbranched alkanes of at least 4 members (excludes halogenated alkanes) is 1. The molecule has 11 nitrogen and oxygen atoms in total. The molecule has 1 rings (SSSR count). The highest BCUT2D eigenvalue weighted by Crippen LogP contribution is 2.20. The van der Waals surface area contributed by atoms with Crippen LogP contribution in [-0.4, -0.2) is 88.4 Å². The van der Waals surface area contributed by atoms with E-state index in [2.05, 4.69) is 23.3 Å². The fourth-order valence-corrected chi connectivity index (χ4v) is 3.23. The van der Waals surface area contributed by atoms with Crippen LogP contribution in [0.1, 0.15) is 32.1 Å². The molecule has 0 aromatic carbocycles. The first-order valence-corrected chi connectivity index (χ1v) is 10.2. The van der Waals surface area contributed by atoms with E-state index < -0.39 is 54.5 Å². The Balaban J connectivity index is 2.87. The molecule has 0 aromatic heterocycles. The van der Waals surface area contributed by atoms with E-state index >= 15 is 0 Å². The quantitative estimate of drug-likeness (QED) is 0.129. The molecule has 29 heavy (non-hydrogen) atoms. The Bertz CT molecular complexity index is 593. The monoisotopic (exact) mass is 433 g/mol. The number of aliphatic hydroxyl groups excluding tert-OH is 1. The normalized spacial score (nSPS) is 19.3. The number of aliphatic carboxylic acids is 1. The van der Waals surface area contributed by atoms with Crippen LogP contribution >= 0.6 is 12.6 Å². The summed E-state index contributed by atoms with van der Waals surface area (Å²) >= 11 is 3.91. The highest BCUT2D eigenvalue weighted by atomic mass is 32.1. The Hall–Kier alpha value is -1.89. The Labute approximate surface area is 175 Å². The first-order valence-electron chi connectivity index (χ1n) is 9.58. The maximum Gasteiger partial charge on any atom is 0.326 e. The smallest absolute Gasteiger partial charge is 0.326 e. The lowest BCUT2D eigenvalue weighted by atomic mass is 10.1.